The largest absolute Gasteiger partial charge is 0.494 e. The van der Waals surface area contributed by atoms with E-state index in [-0.39, 0.29) is 17.1 Å². The van der Waals surface area contributed by atoms with E-state index in [0.717, 1.165) is 17.7 Å². The van der Waals surface area contributed by atoms with Gasteiger partial charge in [0.1, 0.15) is 5.75 Å². The molecule has 1 heterocycles. The lowest BCUT2D eigenvalue weighted by Crippen LogP contribution is -2.31. The van der Waals surface area contributed by atoms with Crippen LogP contribution in [0.15, 0.2) is 47.4 Å². The van der Waals surface area contributed by atoms with Crippen molar-refractivity contribution in [2.24, 2.45) is 0 Å². The highest BCUT2D eigenvalue weighted by Crippen LogP contribution is 2.40. The van der Waals surface area contributed by atoms with Crippen LogP contribution in [0.3, 0.4) is 0 Å². The number of hydrogen-bond acceptors (Lipinski definition) is 4. The van der Waals surface area contributed by atoms with Gasteiger partial charge in [0.05, 0.1) is 22.8 Å². The molecule has 0 saturated carbocycles. The predicted molar refractivity (Wildman–Crippen MR) is 121 cm³/mol. The van der Waals surface area contributed by atoms with Gasteiger partial charge in [-0.15, -0.1) is 11.8 Å². The molecule has 4 nitrogen and oxygen atoms in total. The van der Waals surface area contributed by atoms with Crippen molar-refractivity contribution in [3.8, 4) is 5.75 Å². The van der Waals surface area contributed by atoms with Crippen LogP contribution in [-0.4, -0.2) is 23.7 Å². The molecule has 0 aliphatic carbocycles. The summed E-state index contributed by atoms with van der Waals surface area (Å²) in [6.45, 7) is 8.56. The van der Waals surface area contributed by atoms with E-state index in [2.05, 4.69) is 0 Å². The van der Waals surface area contributed by atoms with Crippen LogP contribution in [0.2, 0.25) is 5.02 Å². The van der Waals surface area contributed by atoms with Gasteiger partial charge in [0.2, 0.25) is 0 Å². The molecule has 2 amide bonds. The minimum absolute atomic E-state index is 0.158. The summed E-state index contributed by atoms with van der Waals surface area (Å²) < 4.78 is 5.63. The number of benzene rings is 2. The number of aryl methyl sites for hydroxylation is 1. The summed E-state index contributed by atoms with van der Waals surface area (Å²) in [4.78, 5) is 28.2. The minimum Gasteiger partial charge on any atom is -0.494 e. The summed E-state index contributed by atoms with van der Waals surface area (Å²) in [5.41, 5.74) is 2.50. The van der Waals surface area contributed by atoms with Crippen molar-refractivity contribution in [2.75, 3.05) is 11.5 Å². The lowest BCUT2D eigenvalue weighted by molar-refractivity contribution is -0.119. The third-order valence-electron chi connectivity index (χ3n) is 4.42. The second-order valence-electron chi connectivity index (χ2n) is 7.12. The average Bonchev–Trinajstić information content (AvgIpc) is 2.92. The van der Waals surface area contributed by atoms with Crippen molar-refractivity contribution in [3.63, 3.8) is 0 Å². The average molecular weight is 430 g/mol. The van der Waals surface area contributed by atoms with Gasteiger partial charge in [-0.2, -0.15) is 0 Å². The molecule has 1 aliphatic heterocycles. The van der Waals surface area contributed by atoms with Crippen LogP contribution in [0, 0.1) is 6.92 Å². The van der Waals surface area contributed by atoms with Gasteiger partial charge in [0.25, 0.3) is 11.8 Å². The summed E-state index contributed by atoms with van der Waals surface area (Å²) in [5, 5.41) is 0.678. The van der Waals surface area contributed by atoms with E-state index in [4.69, 9.17) is 16.3 Å². The minimum atomic E-state index is -0.333. The molecule has 0 saturated heterocycles. The first-order valence-electron chi connectivity index (χ1n) is 9.62. The zero-order chi connectivity index (χ0) is 21.1. The van der Waals surface area contributed by atoms with E-state index in [1.165, 1.54) is 16.7 Å². The molecule has 0 radical (unpaired) electrons. The van der Waals surface area contributed by atoms with Gasteiger partial charge in [-0.3, -0.25) is 9.59 Å². The Bertz CT molecular complexity index is 967. The second-order valence-corrected chi connectivity index (χ2v) is 9.12. The number of carbonyl (C=O) groups excluding carboxylic acids is 2. The van der Waals surface area contributed by atoms with Crippen LogP contribution in [0.25, 0.3) is 5.57 Å². The fraction of sp³-hybridized carbons (Fsp3) is 0.304. The summed E-state index contributed by atoms with van der Waals surface area (Å²) in [7, 11) is 0. The fourth-order valence-corrected chi connectivity index (χ4v) is 4.16. The molecule has 152 valence electrons. The Morgan fingerprint density at radius 2 is 1.76 bits per heavy atom. The molecule has 0 unspecified atom stereocenters. The number of halogens is 1. The third-order valence-corrected chi connectivity index (χ3v) is 5.92. The van der Waals surface area contributed by atoms with Crippen LogP contribution >= 0.6 is 23.4 Å². The van der Waals surface area contributed by atoms with Gasteiger partial charge in [-0.25, -0.2) is 4.90 Å². The smallest absolute Gasteiger partial charge is 0.272 e. The van der Waals surface area contributed by atoms with Crippen molar-refractivity contribution < 1.29 is 14.3 Å². The lowest BCUT2D eigenvalue weighted by atomic mass is 10.1. The Morgan fingerprint density at radius 1 is 1.07 bits per heavy atom. The van der Waals surface area contributed by atoms with Crippen molar-refractivity contribution in [1.82, 2.24) is 0 Å². The molecular formula is C23H24ClNO3S. The number of thioether (sulfide) groups is 1. The van der Waals surface area contributed by atoms with Crippen molar-refractivity contribution >= 4 is 46.4 Å². The van der Waals surface area contributed by atoms with E-state index in [0.29, 0.717) is 33.4 Å². The molecule has 3 rings (SSSR count). The summed E-state index contributed by atoms with van der Waals surface area (Å²) in [5.74, 6) is 0.100. The highest BCUT2D eigenvalue weighted by molar-refractivity contribution is 8.04. The SMILES string of the molecule is CCCOc1ccc(C2=C(SC(C)C)C(=O)N(c3ccc(C)c(Cl)c3)C2=O)cc1. The van der Waals surface area contributed by atoms with Crippen LogP contribution in [0.5, 0.6) is 5.75 Å². The van der Waals surface area contributed by atoms with Gasteiger partial charge in [-0.05, 0) is 48.7 Å². The molecule has 29 heavy (non-hydrogen) atoms. The second kappa shape index (κ2) is 9.06. The molecule has 2 aromatic carbocycles. The summed E-state index contributed by atoms with van der Waals surface area (Å²) in [6.07, 6.45) is 0.920. The number of hydrogen-bond donors (Lipinski definition) is 0. The molecule has 0 spiro atoms. The Labute approximate surface area is 180 Å². The Balaban J connectivity index is 2.01. The van der Waals surface area contributed by atoms with Crippen molar-refractivity contribution in [1.29, 1.82) is 0 Å². The highest BCUT2D eigenvalue weighted by Gasteiger charge is 2.40. The molecule has 6 heteroatoms. The Morgan fingerprint density at radius 3 is 2.34 bits per heavy atom. The molecule has 2 aromatic rings. The van der Waals surface area contributed by atoms with E-state index in [1.807, 2.05) is 58.0 Å². The Hall–Kier alpha value is -2.24. The first-order chi connectivity index (χ1) is 13.8. The van der Waals surface area contributed by atoms with Crippen LogP contribution in [0.4, 0.5) is 5.69 Å². The molecule has 0 bridgehead atoms. The highest BCUT2D eigenvalue weighted by atomic mass is 35.5. The van der Waals surface area contributed by atoms with E-state index in [1.54, 1.807) is 12.1 Å². The standard InChI is InChI=1S/C23H24ClNO3S/c1-5-12-28-18-10-7-16(8-11-18)20-21(29-14(2)3)23(27)25(22(20)26)17-9-6-15(4)19(24)13-17/h6-11,13-14H,5,12H2,1-4H3. The maximum atomic E-state index is 13.3. The van der Waals surface area contributed by atoms with Gasteiger partial charge in [0, 0.05) is 10.3 Å². The fourth-order valence-electron chi connectivity index (χ4n) is 3.00. The molecule has 0 N–H and O–H groups in total. The van der Waals surface area contributed by atoms with E-state index in [9.17, 15) is 9.59 Å². The first-order valence-corrected chi connectivity index (χ1v) is 10.9. The van der Waals surface area contributed by atoms with E-state index >= 15 is 0 Å². The molecule has 0 aromatic heterocycles. The number of anilines is 1. The lowest BCUT2D eigenvalue weighted by Gasteiger charge is -2.16. The zero-order valence-corrected chi connectivity index (χ0v) is 18.6. The predicted octanol–water partition coefficient (Wildman–Crippen LogP) is 5.86. The summed E-state index contributed by atoms with van der Waals surface area (Å²) >= 11 is 7.64. The maximum Gasteiger partial charge on any atom is 0.272 e. The van der Waals surface area contributed by atoms with Crippen molar-refractivity contribution in [2.45, 2.75) is 39.4 Å². The number of imide groups is 1. The van der Waals surface area contributed by atoms with Gasteiger partial charge in [0.15, 0.2) is 0 Å². The number of nitrogens with zero attached hydrogens (tertiary/aromatic N) is 1. The normalized spacial score (nSPS) is 14.3. The topological polar surface area (TPSA) is 46.6 Å². The van der Waals surface area contributed by atoms with Gasteiger partial charge in [-0.1, -0.05) is 50.6 Å². The zero-order valence-electron chi connectivity index (χ0n) is 17.0. The number of carbonyl (C=O) groups is 2. The quantitative estimate of drug-likeness (QED) is 0.517. The monoisotopic (exact) mass is 429 g/mol. The molecule has 0 atom stereocenters. The van der Waals surface area contributed by atoms with Crippen LogP contribution in [-0.2, 0) is 9.59 Å². The summed E-state index contributed by atoms with van der Waals surface area (Å²) in [6, 6.07) is 12.5. The first kappa shape index (κ1) is 21.5. The van der Waals surface area contributed by atoms with Crippen LogP contribution in [0.1, 0.15) is 38.3 Å². The van der Waals surface area contributed by atoms with Crippen molar-refractivity contribution in [3.05, 3.63) is 63.5 Å². The Kier molecular flexibility index (Phi) is 6.70. The number of rotatable bonds is 7. The maximum absolute atomic E-state index is 13.3. The number of amides is 2. The molecule has 0 fully saturated rings. The molecule has 1 aliphatic rings. The molecular weight excluding hydrogens is 406 g/mol. The number of ether oxygens (including phenoxy) is 1. The van der Waals surface area contributed by atoms with Gasteiger partial charge >= 0.3 is 0 Å². The van der Waals surface area contributed by atoms with E-state index < -0.39 is 0 Å². The van der Waals surface area contributed by atoms with Gasteiger partial charge < -0.3 is 4.74 Å². The third kappa shape index (κ3) is 4.51. The van der Waals surface area contributed by atoms with Crippen LogP contribution < -0.4 is 9.64 Å².